The Labute approximate surface area is 180 Å². The number of hydrogen-bond acceptors (Lipinski definition) is 5. The molecule has 0 aliphatic heterocycles. The number of hydrogen-bond donors (Lipinski definition) is 1. The zero-order valence-electron chi connectivity index (χ0n) is 17.7. The summed E-state index contributed by atoms with van der Waals surface area (Å²) in [4.78, 5) is 17.6. The summed E-state index contributed by atoms with van der Waals surface area (Å²) in [5.74, 6) is 1.36. The van der Waals surface area contributed by atoms with Crippen LogP contribution in [0.4, 0.5) is 5.69 Å². The Kier molecular flexibility index (Phi) is 5.89. The van der Waals surface area contributed by atoms with Crippen molar-refractivity contribution in [3.63, 3.8) is 0 Å². The van der Waals surface area contributed by atoms with E-state index in [-0.39, 0.29) is 18.0 Å². The molecule has 0 aliphatic carbocycles. The van der Waals surface area contributed by atoms with Crippen LogP contribution in [0.5, 0.6) is 5.75 Å². The first kappa shape index (κ1) is 20.5. The summed E-state index contributed by atoms with van der Waals surface area (Å²) in [6.45, 7) is 4.54. The van der Waals surface area contributed by atoms with Crippen LogP contribution in [-0.2, 0) is 6.54 Å². The Morgan fingerprint density at radius 1 is 1.10 bits per heavy atom. The van der Waals surface area contributed by atoms with E-state index >= 15 is 0 Å². The predicted molar refractivity (Wildman–Crippen MR) is 118 cm³/mol. The number of para-hydroxylation sites is 1. The Balaban J connectivity index is 1.79. The van der Waals surface area contributed by atoms with Crippen LogP contribution in [0.15, 0.2) is 80.8 Å². The zero-order valence-corrected chi connectivity index (χ0v) is 17.7. The molecule has 31 heavy (non-hydrogen) atoms. The second-order valence-corrected chi connectivity index (χ2v) is 7.46. The lowest BCUT2D eigenvalue weighted by molar-refractivity contribution is 0.0944. The minimum absolute atomic E-state index is 0.214. The molecule has 0 saturated heterocycles. The Hall–Kier alpha value is -3.80. The van der Waals surface area contributed by atoms with Gasteiger partial charge in [-0.15, -0.1) is 0 Å². The van der Waals surface area contributed by atoms with Gasteiger partial charge in [-0.2, -0.15) is 0 Å². The summed E-state index contributed by atoms with van der Waals surface area (Å²) >= 11 is 0. The van der Waals surface area contributed by atoms with Gasteiger partial charge in [0.1, 0.15) is 11.3 Å². The monoisotopic (exact) mass is 416 g/mol. The Bertz CT molecular complexity index is 1250. The van der Waals surface area contributed by atoms with Gasteiger partial charge < -0.3 is 18.9 Å². The third-order valence-electron chi connectivity index (χ3n) is 5.00. The van der Waals surface area contributed by atoms with Crippen LogP contribution in [0.25, 0.3) is 11.0 Å². The summed E-state index contributed by atoms with van der Waals surface area (Å²) in [5.41, 5.74) is 2.99. The summed E-state index contributed by atoms with van der Waals surface area (Å²) in [7, 11) is 1.58. The van der Waals surface area contributed by atoms with Gasteiger partial charge in [-0.05, 0) is 47.9 Å². The summed E-state index contributed by atoms with van der Waals surface area (Å²) in [6.07, 6.45) is 1.57. The van der Waals surface area contributed by atoms with Crippen LogP contribution in [0.2, 0.25) is 0 Å². The third kappa shape index (κ3) is 4.53. The topological polar surface area (TPSA) is 77.0 Å². The largest absolute Gasteiger partial charge is 0.493 e. The van der Waals surface area contributed by atoms with E-state index in [0.717, 1.165) is 5.39 Å². The van der Waals surface area contributed by atoms with Crippen molar-refractivity contribution in [2.24, 2.45) is 4.99 Å². The highest BCUT2D eigenvalue weighted by Gasteiger charge is 2.15. The molecule has 1 amide bonds. The van der Waals surface area contributed by atoms with Crippen molar-refractivity contribution in [2.75, 3.05) is 7.11 Å². The standard InChI is InChI=1S/C25H24N2O4/c1-16(2)17-9-11-19(12-10-17)27-25-21(24(28)26-15-20-7-5-13-30-20)14-18-6-4-8-22(29-3)23(18)31-25/h4-14,16H,15H2,1-3H3,(H,26,28). The van der Waals surface area contributed by atoms with Crippen molar-refractivity contribution in [3.05, 3.63) is 89.4 Å². The number of rotatable bonds is 6. The van der Waals surface area contributed by atoms with Crippen molar-refractivity contribution >= 4 is 22.6 Å². The van der Waals surface area contributed by atoms with Gasteiger partial charge in [0.2, 0.25) is 5.55 Å². The molecule has 4 rings (SSSR count). The number of nitrogens with zero attached hydrogens (tertiary/aromatic N) is 1. The average molecular weight is 416 g/mol. The minimum Gasteiger partial charge on any atom is -0.493 e. The number of benzene rings is 2. The highest BCUT2D eigenvalue weighted by atomic mass is 16.5. The summed E-state index contributed by atoms with van der Waals surface area (Å²) in [6, 6.07) is 18.8. The highest BCUT2D eigenvalue weighted by molar-refractivity contribution is 5.97. The molecule has 0 spiro atoms. The normalized spacial score (nSPS) is 11.8. The predicted octanol–water partition coefficient (Wildman–Crippen LogP) is 5.32. The van der Waals surface area contributed by atoms with E-state index in [2.05, 4.69) is 24.2 Å². The van der Waals surface area contributed by atoms with Crippen LogP contribution in [0.1, 0.15) is 41.4 Å². The van der Waals surface area contributed by atoms with Gasteiger partial charge in [0.15, 0.2) is 11.3 Å². The Morgan fingerprint density at radius 3 is 2.58 bits per heavy atom. The van der Waals surface area contributed by atoms with E-state index in [0.29, 0.717) is 34.3 Å². The van der Waals surface area contributed by atoms with Gasteiger partial charge in [-0.25, -0.2) is 4.99 Å². The lowest BCUT2D eigenvalue weighted by Crippen LogP contribution is -2.28. The number of ether oxygens (including phenoxy) is 1. The number of fused-ring (bicyclic) bond motifs is 1. The van der Waals surface area contributed by atoms with Crippen molar-refractivity contribution in [3.8, 4) is 5.75 Å². The first-order valence-corrected chi connectivity index (χ1v) is 10.1. The molecule has 0 unspecified atom stereocenters. The molecule has 2 aromatic heterocycles. The molecule has 6 nitrogen and oxygen atoms in total. The van der Waals surface area contributed by atoms with Crippen molar-refractivity contribution in [2.45, 2.75) is 26.3 Å². The number of furan rings is 1. The molecular formula is C25H24N2O4. The van der Waals surface area contributed by atoms with Crippen LogP contribution in [0, 0.1) is 0 Å². The fraction of sp³-hybridized carbons (Fsp3) is 0.200. The van der Waals surface area contributed by atoms with Gasteiger partial charge in [0.05, 0.1) is 25.6 Å². The second-order valence-electron chi connectivity index (χ2n) is 7.46. The van der Waals surface area contributed by atoms with Gasteiger partial charge in [0, 0.05) is 5.39 Å². The third-order valence-corrected chi connectivity index (χ3v) is 5.00. The molecule has 0 bridgehead atoms. The number of carbonyl (C=O) groups excluding carboxylic acids is 1. The van der Waals surface area contributed by atoms with Crippen molar-refractivity contribution in [1.29, 1.82) is 0 Å². The van der Waals surface area contributed by atoms with Crippen molar-refractivity contribution < 1.29 is 18.4 Å². The molecule has 0 fully saturated rings. The zero-order chi connectivity index (χ0) is 21.8. The average Bonchev–Trinajstić information content (AvgIpc) is 3.30. The molecule has 2 aromatic carbocycles. The molecule has 0 saturated carbocycles. The number of carbonyl (C=O) groups is 1. The van der Waals surface area contributed by atoms with E-state index in [4.69, 9.17) is 13.6 Å². The van der Waals surface area contributed by atoms with E-state index in [1.807, 2.05) is 42.5 Å². The van der Waals surface area contributed by atoms with Gasteiger partial charge in [0.25, 0.3) is 5.91 Å². The maximum Gasteiger partial charge on any atom is 0.257 e. The smallest absolute Gasteiger partial charge is 0.257 e. The fourth-order valence-corrected chi connectivity index (χ4v) is 3.26. The lowest BCUT2D eigenvalue weighted by atomic mass is 10.0. The number of methoxy groups -OCH3 is 1. The molecule has 1 N–H and O–H groups in total. The van der Waals surface area contributed by atoms with Crippen LogP contribution in [0.3, 0.4) is 0 Å². The van der Waals surface area contributed by atoms with E-state index in [9.17, 15) is 4.79 Å². The van der Waals surface area contributed by atoms with Gasteiger partial charge in [-0.3, -0.25) is 4.79 Å². The second kappa shape index (κ2) is 8.92. The van der Waals surface area contributed by atoms with E-state index < -0.39 is 0 Å². The number of amides is 1. The first-order valence-electron chi connectivity index (χ1n) is 10.1. The molecule has 158 valence electrons. The fourth-order valence-electron chi connectivity index (χ4n) is 3.26. The van der Waals surface area contributed by atoms with Crippen molar-refractivity contribution in [1.82, 2.24) is 5.32 Å². The summed E-state index contributed by atoms with van der Waals surface area (Å²) < 4.78 is 16.8. The summed E-state index contributed by atoms with van der Waals surface area (Å²) in [5, 5.41) is 3.61. The maximum atomic E-state index is 13.0. The van der Waals surface area contributed by atoms with Gasteiger partial charge >= 0.3 is 0 Å². The molecule has 4 aromatic rings. The molecule has 0 radical (unpaired) electrons. The minimum atomic E-state index is -0.303. The van der Waals surface area contributed by atoms with Crippen LogP contribution < -0.4 is 15.6 Å². The molecular weight excluding hydrogens is 392 g/mol. The maximum absolute atomic E-state index is 13.0. The van der Waals surface area contributed by atoms with Gasteiger partial charge in [-0.1, -0.05) is 38.1 Å². The highest BCUT2D eigenvalue weighted by Crippen LogP contribution is 2.25. The number of nitrogens with one attached hydrogen (secondary N) is 1. The SMILES string of the molecule is COc1cccc2cc(C(=O)NCc3ccco3)c(=Nc3ccc(C(C)C)cc3)oc12. The first-order chi connectivity index (χ1) is 15.0. The molecule has 0 atom stereocenters. The van der Waals surface area contributed by atoms with Crippen LogP contribution in [-0.4, -0.2) is 13.0 Å². The molecule has 2 heterocycles. The van der Waals surface area contributed by atoms with Crippen LogP contribution >= 0.6 is 0 Å². The van der Waals surface area contributed by atoms with E-state index in [1.165, 1.54) is 5.56 Å². The van der Waals surface area contributed by atoms with E-state index in [1.54, 1.807) is 31.6 Å². The lowest BCUT2D eigenvalue weighted by Gasteiger charge is -2.08. The molecule has 6 heteroatoms. The Morgan fingerprint density at radius 2 is 1.90 bits per heavy atom. The molecule has 0 aliphatic rings. The quantitative estimate of drug-likeness (QED) is 0.461.